The van der Waals surface area contributed by atoms with Crippen molar-refractivity contribution in [3.8, 4) is 0 Å². The number of nitrogens with zero attached hydrogens (tertiary/aromatic N) is 2. The quantitative estimate of drug-likeness (QED) is 0.852. The fraction of sp³-hybridized carbons (Fsp3) is 0.667. The molecule has 4 nitrogen and oxygen atoms in total. The van der Waals surface area contributed by atoms with Crippen molar-refractivity contribution in [2.24, 2.45) is 0 Å². The number of aromatic carboxylic acids is 1. The highest BCUT2D eigenvalue weighted by Gasteiger charge is 2.25. The standard InChI is InChI=1S/C12H18N2O2/c1-2-7-14-8-10(12(15)16)11(13-14)9-5-3-4-6-9/h8-9H,2-7H2,1H3,(H,15,16). The van der Waals surface area contributed by atoms with E-state index in [0.717, 1.165) is 31.5 Å². The van der Waals surface area contributed by atoms with Gasteiger partial charge in [-0.25, -0.2) is 4.79 Å². The smallest absolute Gasteiger partial charge is 0.339 e. The number of carbonyl (C=O) groups is 1. The molecule has 1 aromatic rings. The molecule has 4 heteroatoms. The first-order chi connectivity index (χ1) is 7.72. The Morgan fingerprint density at radius 2 is 2.25 bits per heavy atom. The fourth-order valence-corrected chi connectivity index (χ4v) is 2.45. The van der Waals surface area contributed by atoms with Crippen molar-refractivity contribution in [2.45, 2.75) is 51.5 Å². The molecule has 1 aliphatic rings. The summed E-state index contributed by atoms with van der Waals surface area (Å²) in [6.45, 7) is 2.87. The minimum absolute atomic E-state index is 0.365. The van der Waals surface area contributed by atoms with Crippen molar-refractivity contribution in [3.63, 3.8) is 0 Å². The van der Waals surface area contributed by atoms with E-state index in [2.05, 4.69) is 12.0 Å². The summed E-state index contributed by atoms with van der Waals surface area (Å²) in [5.41, 5.74) is 1.21. The second kappa shape index (κ2) is 4.68. The molecule has 0 atom stereocenters. The lowest BCUT2D eigenvalue weighted by atomic mass is 10.0. The Kier molecular flexibility index (Phi) is 3.27. The second-order valence-corrected chi connectivity index (χ2v) is 4.48. The van der Waals surface area contributed by atoms with Gasteiger partial charge in [0.1, 0.15) is 5.56 Å². The minimum atomic E-state index is -0.843. The third-order valence-electron chi connectivity index (χ3n) is 3.22. The highest BCUT2D eigenvalue weighted by Crippen LogP contribution is 2.34. The van der Waals surface area contributed by atoms with Crippen molar-refractivity contribution < 1.29 is 9.90 Å². The van der Waals surface area contributed by atoms with Crippen LogP contribution in [0.5, 0.6) is 0 Å². The van der Waals surface area contributed by atoms with E-state index in [4.69, 9.17) is 5.11 Å². The van der Waals surface area contributed by atoms with E-state index in [9.17, 15) is 4.79 Å². The number of rotatable bonds is 4. The molecule has 2 rings (SSSR count). The average molecular weight is 222 g/mol. The summed E-state index contributed by atoms with van der Waals surface area (Å²) < 4.78 is 1.77. The first-order valence-corrected chi connectivity index (χ1v) is 6.03. The van der Waals surface area contributed by atoms with Crippen LogP contribution in [0.25, 0.3) is 0 Å². The molecule has 1 fully saturated rings. The molecule has 1 N–H and O–H groups in total. The topological polar surface area (TPSA) is 55.1 Å². The van der Waals surface area contributed by atoms with Gasteiger partial charge in [0, 0.05) is 18.7 Å². The van der Waals surface area contributed by atoms with Crippen LogP contribution in [0.3, 0.4) is 0 Å². The van der Waals surface area contributed by atoms with Gasteiger partial charge in [-0.1, -0.05) is 19.8 Å². The van der Waals surface area contributed by atoms with Gasteiger partial charge in [0.25, 0.3) is 0 Å². The van der Waals surface area contributed by atoms with E-state index in [0.29, 0.717) is 11.5 Å². The van der Waals surface area contributed by atoms with Crippen molar-refractivity contribution in [2.75, 3.05) is 0 Å². The first kappa shape index (κ1) is 11.2. The largest absolute Gasteiger partial charge is 0.478 e. The van der Waals surface area contributed by atoms with E-state index in [1.165, 1.54) is 12.8 Å². The van der Waals surface area contributed by atoms with Crippen LogP contribution in [-0.2, 0) is 6.54 Å². The molecule has 1 aliphatic carbocycles. The zero-order valence-electron chi connectivity index (χ0n) is 9.65. The monoisotopic (exact) mass is 222 g/mol. The van der Waals surface area contributed by atoms with Crippen molar-refractivity contribution in [1.82, 2.24) is 9.78 Å². The van der Waals surface area contributed by atoms with Crippen LogP contribution in [0.4, 0.5) is 0 Å². The number of hydrogen-bond acceptors (Lipinski definition) is 2. The molecular formula is C12H18N2O2. The maximum absolute atomic E-state index is 11.1. The lowest BCUT2D eigenvalue weighted by Crippen LogP contribution is -2.03. The molecule has 1 aromatic heterocycles. The molecule has 1 saturated carbocycles. The summed E-state index contributed by atoms with van der Waals surface area (Å²) >= 11 is 0. The van der Waals surface area contributed by atoms with Crippen LogP contribution >= 0.6 is 0 Å². The van der Waals surface area contributed by atoms with Crippen LogP contribution in [-0.4, -0.2) is 20.9 Å². The Morgan fingerprint density at radius 1 is 1.56 bits per heavy atom. The second-order valence-electron chi connectivity index (χ2n) is 4.48. The molecule has 0 aliphatic heterocycles. The molecule has 1 heterocycles. The molecular weight excluding hydrogens is 204 g/mol. The van der Waals surface area contributed by atoms with Gasteiger partial charge in [-0.2, -0.15) is 5.10 Å². The van der Waals surface area contributed by atoms with Crippen molar-refractivity contribution in [1.29, 1.82) is 0 Å². The van der Waals surface area contributed by atoms with Gasteiger partial charge in [0.2, 0.25) is 0 Å². The Labute approximate surface area is 95.3 Å². The molecule has 0 aromatic carbocycles. The Morgan fingerprint density at radius 3 is 2.81 bits per heavy atom. The van der Waals surface area contributed by atoms with Crippen LogP contribution in [0.2, 0.25) is 0 Å². The molecule has 0 spiro atoms. The van der Waals surface area contributed by atoms with Crippen molar-refractivity contribution >= 4 is 5.97 Å². The van der Waals surface area contributed by atoms with Crippen LogP contribution in [0.1, 0.15) is 61.0 Å². The van der Waals surface area contributed by atoms with Gasteiger partial charge in [0.15, 0.2) is 0 Å². The number of hydrogen-bond donors (Lipinski definition) is 1. The predicted octanol–water partition coefficient (Wildman–Crippen LogP) is 2.65. The van der Waals surface area contributed by atoms with Gasteiger partial charge in [0.05, 0.1) is 5.69 Å². The molecule has 88 valence electrons. The highest BCUT2D eigenvalue weighted by atomic mass is 16.4. The fourth-order valence-electron chi connectivity index (χ4n) is 2.45. The van der Waals surface area contributed by atoms with E-state index in [1.54, 1.807) is 10.9 Å². The first-order valence-electron chi connectivity index (χ1n) is 6.03. The molecule has 0 radical (unpaired) electrons. The Balaban J connectivity index is 2.29. The Bertz CT molecular complexity index is 378. The normalized spacial score (nSPS) is 16.8. The Hall–Kier alpha value is -1.32. The number of carboxylic acid groups (broad SMARTS) is 1. The van der Waals surface area contributed by atoms with Crippen LogP contribution < -0.4 is 0 Å². The lowest BCUT2D eigenvalue weighted by molar-refractivity contribution is 0.0695. The van der Waals surface area contributed by atoms with Gasteiger partial charge in [-0.3, -0.25) is 4.68 Å². The van der Waals surface area contributed by atoms with E-state index >= 15 is 0 Å². The molecule has 0 amide bonds. The number of aryl methyl sites for hydroxylation is 1. The molecule has 0 bridgehead atoms. The molecule has 0 saturated heterocycles. The van der Waals surface area contributed by atoms with E-state index < -0.39 is 5.97 Å². The van der Waals surface area contributed by atoms with Gasteiger partial charge in [-0.15, -0.1) is 0 Å². The third kappa shape index (κ3) is 2.10. The van der Waals surface area contributed by atoms with Crippen molar-refractivity contribution in [3.05, 3.63) is 17.5 Å². The maximum Gasteiger partial charge on any atom is 0.339 e. The molecule has 0 unspecified atom stereocenters. The van der Waals surface area contributed by atoms with E-state index in [-0.39, 0.29) is 0 Å². The average Bonchev–Trinajstić information content (AvgIpc) is 2.83. The van der Waals surface area contributed by atoms with Gasteiger partial charge < -0.3 is 5.11 Å². The predicted molar refractivity (Wildman–Crippen MR) is 60.7 cm³/mol. The van der Waals surface area contributed by atoms with Gasteiger partial charge >= 0.3 is 5.97 Å². The summed E-state index contributed by atoms with van der Waals surface area (Å²) in [7, 11) is 0. The summed E-state index contributed by atoms with van der Waals surface area (Å²) in [4.78, 5) is 11.1. The zero-order chi connectivity index (χ0) is 11.5. The number of aromatic nitrogens is 2. The lowest BCUT2D eigenvalue weighted by Gasteiger charge is -2.05. The van der Waals surface area contributed by atoms with E-state index in [1.807, 2.05) is 0 Å². The maximum atomic E-state index is 11.1. The highest BCUT2D eigenvalue weighted by molar-refractivity contribution is 5.88. The number of carboxylic acids is 1. The minimum Gasteiger partial charge on any atom is -0.478 e. The summed E-state index contributed by atoms with van der Waals surface area (Å²) in [6, 6.07) is 0. The van der Waals surface area contributed by atoms with Crippen LogP contribution in [0, 0.1) is 0 Å². The third-order valence-corrected chi connectivity index (χ3v) is 3.22. The summed E-state index contributed by atoms with van der Waals surface area (Å²) in [5, 5.41) is 13.6. The summed E-state index contributed by atoms with van der Waals surface area (Å²) in [5.74, 6) is -0.478. The SMILES string of the molecule is CCCn1cc(C(=O)O)c(C2CCCC2)n1. The molecule has 16 heavy (non-hydrogen) atoms. The van der Waals surface area contributed by atoms with Crippen LogP contribution in [0.15, 0.2) is 6.20 Å². The zero-order valence-corrected chi connectivity index (χ0v) is 9.65. The summed E-state index contributed by atoms with van der Waals surface area (Å²) in [6.07, 6.45) is 7.23. The van der Waals surface area contributed by atoms with Gasteiger partial charge in [-0.05, 0) is 19.3 Å².